The molecule has 0 aliphatic heterocycles. The summed E-state index contributed by atoms with van der Waals surface area (Å²) in [4.78, 5) is 35.8. The molecule has 29 heavy (non-hydrogen) atoms. The van der Waals surface area contributed by atoms with E-state index in [0.29, 0.717) is 11.4 Å². The molecule has 3 aromatic heterocycles. The van der Waals surface area contributed by atoms with Gasteiger partial charge < -0.3 is 20.7 Å². The molecule has 1 aromatic carbocycles. The molecule has 0 unspecified atom stereocenters. The number of benzene rings is 1. The van der Waals surface area contributed by atoms with Gasteiger partial charge in [0.05, 0.1) is 11.1 Å². The zero-order chi connectivity index (χ0) is 20.2. The lowest BCUT2D eigenvalue weighted by Gasteiger charge is -2.09. The minimum atomic E-state index is -0.574. The Bertz CT molecular complexity index is 1200. The predicted octanol–water partition coefficient (Wildman–Crippen LogP) is 2.85. The van der Waals surface area contributed by atoms with Crippen LogP contribution in [-0.2, 0) is 6.54 Å². The van der Waals surface area contributed by atoms with Crippen LogP contribution in [0.1, 0.15) is 26.4 Å². The highest BCUT2D eigenvalue weighted by Gasteiger charge is 2.14. The number of para-hydroxylation sites is 1. The van der Waals surface area contributed by atoms with Crippen molar-refractivity contribution in [2.45, 2.75) is 6.54 Å². The number of fused-ring (bicyclic) bond motifs is 1. The summed E-state index contributed by atoms with van der Waals surface area (Å²) in [6, 6.07) is 13.7. The number of aromatic hydroxyl groups is 1. The molecule has 0 fully saturated rings. The van der Waals surface area contributed by atoms with Crippen LogP contribution < -0.4 is 10.6 Å². The maximum Gasteiger partial charge on any atom is 0.279 e. The summed E-state index contributed by atoms with van der Waals surface area (Å²) in [5, 5.41) is 16.2. The van der Waals surface area contributed by atoms with Gasteiger partial charge in [-0.05, 0) is 42.0 Å². The van der Waals surface area contributed by atoms with Crippen LogP contribution in [0.25, 0.3) is 10.9 Å². The molecule has 0 radical (unpaired) electrons. The Morgan fingerprint density at radius 1 is 1.00 bits per heavy atom. The maximum atomic E-state index is 12.6. The molecule has 4 rings (SSSR count). The molecule has 0 aliphatic rings. The molecular weight excluding hydrogens is 370 g/mol. The van der Waals surface area contributed by atoms with E-state index in [9.17, 15) is 14.7 Å². The Kier molecular flexibility index (Phi) is 4.90. The number of aromatic amines is 1. The van der Waals surface area contributed by atoms with E-state index in [1.165, 1.54) is 24.5 Å². The number of hydrogen-bond donors (Lipinski definition) is 4. The van der Waals surface area contributed by atoms with E-state index in [1.807, 2.05) is 18.2 Å². The third-order valence-electron chi connectivity index (χ3n) is 4.35. The second-order valence-electron chi connectivity index (χ2n) is 6.30. The van der Waals surface area contributed by atoms with Crippen LogP contribution in [0.5, 0.6) is 5.75 Å². The number of rotatable bonds is 5. The largest absolute Gasteiger partial charge is 0.505 e. The zero-order valence-electron chi connectivity index (χ0n) is 15.2. The average molecular weight is 387 g/mol. The number of carbonyl (C=O) groups is 2. The van der Waals surface area contributed by atoms with Crippen molar-refractivity contribution in [3.63, 3.8) is 0 Å². The number of H-pyrrole nitrogens is 1. The minimum Gasteiger partial charge on any atom is -0.505 e. The van der Waals surface area contributed by atoms with E-state index in [-0.39, 0.29) is 23.9 Å². The van der Waals surface area contributed by atoms with Gasteiger partial charge >= 0.3 is 0 Å². The van der Waals surface area contributed by atoms with Crippen LogP contribution in [0.2, 0.25) is 0 Å². The van der Waals surface area contributed by atoms with Crippen LogP contribution >= 0.6 is 0 Å². The van der Waals surface area contributed by atoms with Crippen LogP contribution in [0.4, 0.5) is 5.82 Å². The van der Waals surface area contributed by atoms with Gasteiger partial charge in [0.25, 0.3) is 11.8 Å². The van der Waals surface area contributed by atoms with Gasteiger partial charge in [0.2, 0.25) is 0 Å². The summed E-state index contributed by atoms with van der Waals surface area (Å²) < 4.78 is 0. The normalized spacial score (nSPS) is 10.6. The van der Waals surface area contributed by atoms with Crippen molar-refractivity contribution in [3.8, 4) is 5.75 Å². The predicted molar refractivity (Wildman–Crippen MR) is 108 cm³/mol. The number of carbonyl (C=O) groups excluding carboxylic acids is 2. The number of nitrogens with zero attached hydrogens (tertiary/aromatic N) is 2. The molecule has 144 valence electrons. The second-order valence-corrected chi connectivity index (χ2v) is 6.30. The first kappa shape index (κ1) is 18.2. The lowest BCUT2D eigenvalue weighted by molar-refractivity contribution is 0.0951. The van der Waals surface area contributed by atoms with E-state index in [0.717, 1.165) is 16.5 Å². The molecule has 0 atom stereocenters. The Morgan fingerprint density at radius 3 is 2.76 bits per heavy atom. The highest BCUT2D eigenvalue weighted by atomic mass is 16.3. The highest BCUT2D eigenvalue weighted by Crippen LogP contribution is 2.18. The fourth-order valence-corrected chi connectivity index (χ4v) is 2.95. The third kappa shape index (κ3) is 3.91. The molecule has 0 saturated carbocycles. The number of aromatic nitrogens is 3. The van der Waals surface area contributed by atoms with Crippen molar-refractivity contribution in [3.05, 3.63) is 83.9 Å². The van der Waals surface area contributed by atoms with Gasteiger partial charge in [0.15, 0.2) is 5.69 Å². The van der Waals surface area contributed by atoms with Gasteiger partial charge in [-0.25, -0.2) is 9.97 Å². The Balaban J connectivity index is 1.44. The molecule has 8 nitrogen and oxygen atoms in total. The van der Waals surface area contributed by atoms with Crippen LogP contribution in [0.15, 0.2) is 67.1 Å². The quantitative estimate of drug-likeness (QED) is 0.420. The zero-order valence-corrected chi connectivity index (χ0v) is 15.2. The monoisotopic (exact) mass is 387 g/mol. The molecule has 3 heterocycles. The smallest absolute Gasteiger partial charge is 0.279 e. The van der Waals surface area contributed by atoms with Gasteiger partial charge in [-0.2, -0.15) is 0 Å². The minimum absolute atomic E-state index is 0.0907. The fraction of sp³-hybridized carbons (Fsp3) is 0.0476. The van der Waals surface area contributed by atoms with E-state index >= 15 is 0 Å². The van der Waals surface area contributed by atoms with Crippen molar-refractivity contribution in [1.29, 1.82) is 0 Å². The van der Waals surface area contributed by atoms with Crippen molar-refractivity contribution in [2.75, 3.05) is 5.32 Å². The van der Waals surface area contributed by atoms with Crippen LogP contribution in [0, 0.1) is 0 Å². The van der Waals surface area contributed by atoms with E-state index < -0.39 is 5.91 Å². The fourth-order valence-electron chi connectivity index (χ4n) is 2.95. The summed E-state index contributed by atoms with van der Waals surface area (Å²) in [6.45, 7) is 0.260. The summed E-state index contributed by atoms with van der Waals surface area (Å²) in [5.41, 5.74) is 2.00. The first-order chi connectivity index (χ1) is 14.1. The first-order valence-corrected chi connectivity index (χ1v) is 8.86. The Morgan fingerprint density at radius 2 is 1.90 bits per heavy atom. The average Bonchev–Trinajstić information content (AvgIpc) is 3.21. The Hall–Kier alpha value is -4.20. The van der Waals surface area contributed by atoms with Gasteiger partial charge in [0, 0.05) is 30.5 Å². The number of pyridine rings is 2. The standard InChI is InChI=1S/C21H17N5O3/c27-16-5-2-8-23-19(16)21(29)26-17-11-13(6-9-22-17)12-25-20(28)15-4-1-3-14-7-10-24-18(14)15/h1-11,24,27H,12H2,(H,25,28)(H,22,26,29). The first-order valence-electron chi connectivity index (χ1n) is 8.86. The number of amides is 2. The topological polar surface area (TPSA) is 120 Å². The molecule has 2 amide bonds. The highest BCUT2D eigenvalue weighted by molar-refractivity contribution is 6.06. The number of hydrogen-bond acceptors (Lipinski definition) is 5. The van der Waals surface area contributed by atoms with Gasteiger partial charge in [0.1, 0.15) is 11.6 Å². The summed E-state index contributed by atoms with van der Waals surface area (Å²) in [5.74, 6) is -0.709. The van der Waals surface area contributed by atoms with Gasteiger partial charge in [-0.3, -0.25) is 9.59 Å². The molecular formula is C21H17N5O3. The summed E-state index contributed by atoms with van der Waals surface area (Å²) >= 11 is 0. The maximum absolute atomic E-state index is 12.6. The van der Waals surface area contributed by atoms with E-state index in [4.69, 9.17) is 0 Å². The lowest BCUT2D eigenvalue weighted by Crippen LogP contribution is -2.23. The summed E-state index contributed by atoms with van der Waals surface area (Å²) in [7, 11) is 0. The van der Waals surface area contributed by atoms with Crippen molar-refractivity contribution >= 4 is 28.5 Å². The number of nitrogens with one attached hydrogen (secondary N) is 3. The third-order valence-corrected chi connectivity index (χ3v) is 4.35. The summed E-state index contributed by atoms with van der Waals surface area (Å²) in [6.07, 6.45) is 4.73. The second kappa shape index (κ2) is 7.81. The SMILES string of the molecule is O=C(Nc1cc(CNC(=O)c2cccc3cc[nH]c23)ccn1)c1ncccc1O. The number of anilines is 1. The molecule has 0 spiro atoms. The van der Waals surface area contributed by atoms with Crippen molar-refractivity contribution in [1.82, 2.24) is 20.3 Å². The Labute approximate surface area is 165 Å². The molecule has 8 heteroatoms. The van der Waals surface area contributed by atoms with Crippen molar-refractivity contribution < 1.29 is 14.7 Å². The molecule has 4 aromatic rings. The van der Waals surface area contributed by atoms with Gasteiger partial charge in [-0.15, -0.1) is 0 Å². The van der Waals surface area contributed by atoms with E-state index in [2.05, 4.69) is 25.6 Å². The lowest BCUT2D eigenvalue weighted by atomic mass is 10.1. The molecule has 0 saturated heterocycles. The van der Waals surface area contributed by atoms with Crippen molar-refractivity contribution in [2.24, 2.45) is 0 Å². The van der Waals surface area contributed by atoms with Crippen LogP contribution in [0.3, 0.4) is 0 Å². The molecule has 0 bridgehead atoms. The van der Waals surface area contributed by atoms with Gasteiger partial charge in [-0.1, -0.05) is 12.1 Å². The molecule has 0 aliphatic carbocycles. The van der Waals surface area contributed by atoms with Crippen LogP contribution in [-0.4, -0.2) is 31.9 Å². The van der Waals surface area contributed by atoms with E-state index in [1.54, 1.807) is 24.4 Å². The molecule has 4 N–H and O–H groups in total.